The van der Waals surface area contributed by atoms with Gasteiger partial charge in [0, 0.05) is 26.2 Å². The molecular formula is C15H32N2O2. The van der Waals surface area contributed by atoms with E-state index >= 15 is 0 Å². The van der Waals surface area contributed by atoms with Gasteiger partial charge in [0.25, 0.3) is 0 Å². The molecule has 0 aromatic heterocycles. The van der Waals surface area contributed by atoms with E-state index in [0.29, 0.717) is 31.7 Å². The normalized spacial score (nSPS) is 13.1. The molecule has 1 atom stereocenters. The molecule has 0 aliphatic heterocycles. The van der Waals surface area contributed by atoms with Gasteiger partial charge in [0.05, 0.1) is 12.5 Å². The Balaban J connectivity index is 4.83. The fourth-order valence-corrected chi connectivity index (χ4v) is 2.49. The third-order valence-electron chi connectivity index (χ3n) is 3.59. The number of hydrogen-bond acceptors (Lipinski definition) is 3. The molecule has 0 aromatic rings. The highest BCUT2D eigenvalue weighted by Crippen LogP contribution is 2.18. The minimum atomic E-state index is -0.0579. The van der Waals surface area contributed by atoms with Gasteiger partial charge >= 0.3 is 0 Å². The van der Waals surface area contributed by atoms with E-state index in [4.69, 9.17) is 10.5 Å². The van der Waals surface area contributed by atoms with E-state index in [1.807, 2.05) is 4.90 Å². The van der Waals surface area contributed by atoms with Gasteiger partial charge < -0.3 is 15.4 Å². The van der Waals surface area contributed by atoms with E-state index in [0.717, 1.165) is 19.3 Å². The van der Waals surface area contributed by atoms with Crippen LogP contribution in [-0.4, -0.2) is 43.7 Å². The number of rotatable bonds is 10. The molecule has 0 radical (unpaired) electrons. The SMILES string of the molecule is CCC(CC)N(CCOC)C(=O)C(CN)CC(C)C. The Bertz CT molecular complexity index is 240. The predicted octanol–water partition coefficient (Wildman–Crippen LogP) is 2.27. The van der Waals surface area contributed by atoms with E-state index in [-0.39, 0.29) is 11.8 Å². The van der Waals surface area contributed by atoms with Crippen LogP contribution in [-0.2, 0) is 9.53 Å². The maximum Gasteiger partial charge on any atom is 0.227 e. The van der Waals surface area contributed by atoms with Crippen LogP contribution in [0.15, 0.2) is 0 Å². The zero-order valence-electron chi connectivity index (χ0n) is 13.3. The van der Waals surface area contributed by atoms with Crippen LogP contribution in [0.2, 0.25) is 0 Å². The molecule has 1 unspecified atom stereocenters. The molecule has 1 amide bonds. The summed E-state index contributed by atoms with van der Waals surface area (Å²) in [5.41, 5.74) is 5.79. The fourth-order valence-electron chi connectivity index (χ4n) is 2.49. The smallest absolute Gasteiger partial charge is 0.227 e. The summed E-state index contributed by atoms with van der Waals surface area (Å²) in [6.45, 7) is 10.2. The topological polar surface area (TPSA) is 55.6 Å². The van der Waals surface area contributed by atoms with Crippen LogP contribution in [0.25, 0.3) is 0 Å². The number of nitrogens with two attached hydrogens (primary N) is 1. The van der Waals surface area contributed by atoms with Gasteiger partial charge in [-0.3, -0.25) is 4.79 Å². The van der Waals surface area contributed by atoms with Gasteiger partial charge in [0.1, 0.15) is 0 Å². The Morgan fingerprint density at radius 2 is 1.84 bits per heavy atom. The summed E-state index contributed by atoms with van der Waals surface area (Å²) in [5, 5.41) is 0. The molecule has 4 nitrogen and oxygen atoms in total. The van der Waals surface area contributed by atoms with E-state index in [1.54, 1.807) is 7.11 Å². The van der Waals surface area contributed by atoms with Crippen LogP contribution >= 0.6 is 0 Å². The molecular weight excluding hydrogens is 240 g/mol. The van der Waals surface area contributed by atoms with Crippen molar-refractivity contribution in [1.82, 2.24) is 4.90 Å². The van der Waals surface area contributed by atoms with Crippen LogP contribution in [0, 0.1) is 11.8 Å². The van der Waals surface area contributed by atoms with Crippen molar-refractivity contribution in [3.63, 3.8) is 0 Å². The largest absolute Gasteiger partial charge is 0.383 e. The molecule has 0 saturated carbocycles. The average Bonchev–Trinajstić information content (AvgIpc) is 2.39. The van der Waals surface area contributed by atoms with Crippen molar-refractivity contribution in [2.45, 2.75) is 53.0 Å². The van der Waals surface area contributed by atoms with Crippen molar-refractivity contribution in [1.29, 1.82) is 0 Å². The molecule has 2 N–H and O–H groups in total. The van der Waals surface area contributed by atoms with Gasteiger partial charge in [-0.25, -0.2) is 0 Å². The molecule has 0 fully saturated rings. The van der Waals surface area contributed by atoms with Crippen molar-refractivity contribution in [3.05, 3.63) is 0 Å². The first-order valence-corrected chi connectivity index (χ1v) is 7.51. The Kier molecular flexibility index (Phi) is 9.88. The third-order valence-corrected chi connectivity index (χ3v) is 3.59. The monoisotopic (exact) mass is 272 g/mol. The zero-order chi connectivity index (χ0) is 14.8. The van der Waals surface area contributed by atoms with Crippen molar-refractivity contribution >= 4 is 5.91 Å². The predicted molar refractivity (Wildman–Crippen MR) is 80.0 cm³/mol. The first-order chi connectivity index (χ1) is 9.01. The highest BCUT2D eigenvalue weighted by Gasteiger charge is 2.27. The van der Waals surface area contributed by atoms with E-state index < -0.39 is 0 Å². The number of ether oxygens (including phenoxy) is 1. The van der Waals surface area contributed by atoms with Crippen LogP contribution in [0.1, 0.15) is 47.0 Å². The molecule has 0 heterocycles. The van der Waals surface area contributed by atoms with Gasteiger partial charge in [-0.2, -0.15) is 0 Å². The van der Waals surface area contributed by atoms with Crippen molar-refractivity contribution in [3.8, 4) is 0 Å². The molecule has 0 spiro atoms. The number of carbonyl (C=O) groups excluding carboxylic acids is 1. The lowest BCUT2D eigenvalue weighted by Crippen LogP contribution is -2.46. The molecule has 0 saturated heterocycles. The summed E-state index contributed by atoms with van der Waals surface area (Å²) in [6.07, 6.45) is 2.81. The maximum atomic E-state index is 12.7. The molecule has 0 bridgehead atoms. The Labute approximate surface area is 118 Å². The fraction of sp³-hybridized carbons (Fsp3) is 0.933. The minimum absolute atomic E-state index is 0.0579. The van der Waals surface area contributed by atoms with Gasteiger partial charge in [-0.05, 0) is 25.2 Å². The maximum absolute atomic E-state index is 12.7. The molecule has 0 aromatic carbocycles. The Morgan fingerprint density at radius 3 is 2.21 bits per heavy atom. The van der Waals surface area contributed by atoms with Crippen molar-refractivity contribution < 1.29 is 9.53 Å². The first-order valence-electron chi connectivity index (χ1n) is 7.51. The summed E-state index contributed by atoms with van der Waals surface area (Å²) in [4.78, 5) is 14.6. The lowest BCUT2D eigenvalue weighted by Gasteiger charge is -2.33. The first kappa shape index (κ1) is 18.4. The summed E-state index contributed by atoms with van der Waals surface area (Å²) >= 11 is 0. The summed E-state index contributed by atoms with van der Waals surface area (Å²) in [7, 11) is 1.67. The van der Waals surface area contributed by atoms with E-state index in [9.17, 15) is 4.79 Å². The van der Waals surface area contributed by atoms with Gasteiger partial charge in [0.15, 0.2) is 0 Å². The minimum Gasteiger partial charge on any atom is -0.383 e. The van der Waals surface area contributed by atoms with Crippen molar-refractivity contribution in [2.75, 3.05) is 26.8 Å². The van der Waals surface area contributed by atoms with E-state index in [2.05, 4.69) is 27.7 Å². The molecule has 4 heteroatoms. The number of hydrogen-bond donors (Lipinski definition) is 1. The second kappa shape index (κ2) is 10.2. The second-order valence-electron chi connectivity index (χ2n) is 5.56. The van der Waals surface area contributed by atoms with Crippen molar-refractivity contribution in [2.24, 2.45) is 17.6 Å². The van der Waals surface area contributed by atoms with Gasteiger partial charge in [-0.1, -0.05) is 27.7 Å². The lowest BCUT2D eigenvalue weighted by molar-refractivity contribution is -0.139. The van der Waals surface area contributed by atoms with Crippen LogP contribution in [0.5, 0.6) is 0 Å². The standard InChI is InChI=1S/C15H32N2O2/c1-6-14(7-2)17(8-9-19-5)15(18)13(11-16)10-12(3)4/h12-14H,6-11,16H2,1-5H3. The molecule has 114 valence electrons. The van der Waals surface area contributed by atoms with Gasteiger partial charge in [-0.15, -0.1) is 0 Å². The van der Waals surface area contributed by atoms with Crippen LogP contribution in [0.4, 0.5) is 0 Å². The van der Waals surface area contributed by atoms with E-state index in [1.165, 1.54) is 0 Å². The highest BCUT2D eigenvalue weighted by molar-refractivity contribution is 5.79. The third kappa shape index (κ3) is 6.39. The Hall–Kier alpha value is -0.610. The summed E-state index contributed by atoms with van der Waals surface area (Å²) in [6, 6.07) is 0.295. The van der Waals surface area contributed by atoms with Crippen LogP contribution in [0.3, 0.4) is 0 Å². The number of nitrogens with zero attached hydrogens (tertiary/aromatic N) is 1. The van der Waals surface area contributed by atoms with Gasteiger partial charge in [0.2, 0.25) is 5.91 Å². The average molecular weight is 272 g/mol. The van der Waals surface area contributed by atoms with Crippen LogP contribution < -0.4 is 5.73 Å². The molecule has 0 aliphatic rings. The zero-order valence-corrected chi connectivity index (χ0v) is 13.3. The lowest BCUT2D eigenvalue weighted by atomic mass is 9.94. The quantitative estimate of drug-likeness (QED) is 0.664. The molecule has 0 aliphatic carbocycles. The highest BCUT2D eigenvalue weighted by atomic mass is 16.5. The Morgan fingerprint density at radius 1 is 1.26 bits per heavy atom. The molecule has 0 rings (SSSR count). The number of methoxy groups -OCH3 is 1. The summed E-state index contributed by atoms with van der Waals surface area (Å²) in [5.74, 6) is 0.628. The summed E-state index contributed by atoms with van der Waals surface area (Å²) < 4.78 is 5.13. The second-order valence-corrected chi connectivity index (χ2v) is 5.56. The number of amides is 1. The number of carbonyl (C=O) groups is 1. The molecule has 19 heavy (non-hydrogen) atoms.